The Bertz CT molecular complexity index is 665. The number of likely N-dealkylation sites (tertiary alicyclic amines) is 1. The van der Waals surface area contributed by atoms with Gasteiger partial charge < -0.3 is 20.1 Å². The van der Waals surface area contributed by atoms with E-state index in [1.807, 2.05) is 30.3 Å². The summed E-state index contributed by atoms with van der Waals surface area (Å²) in [6, 6.07) is 1.30. The minimum absolute atomic E-state index is 0. The Balaban J connectivity index is 0.00000341. The molecule has 31 heavy (non-hydrogen) atoms. The average molecular weight is 564 g/mol. The van der Waals surface area contributed by atoms with Gasteiger partial charge in [0.25, 0.3) is 0 Å². The number of aliphatic imine (C=N–C) groups is 1. The maximum Gasteiger partial charge on any atom is 0.191 e. The van der Waals surface area contributed by atoms with E-state index in [1.165, 1.54) is 57.4 Å². The summed E-state index contributed by atoms with van der Waals surface area (Å²) in [5.41, 5.74) is 0. The van der Waals surface area contributed by atoms with Gasteiger partial charge in [-0.3, -0.25) is 0 Å². The van der Waals surface area contributed by atoms with Gasteiger partial charge in [0.2, 0.25) is 0 Å². The van der Waals surface area contributed by atoms with E-state index in [0.29, 0.717) is 12.6 Å². The van der Waals surface area contributed by atoms with Gasteiger partial charge in [0.15, 0.2) is 11.8 Å². The summed E-state index contributed by atoms with van der Waals surface area (Å²) in [7, 11) is 2.00. The van der Waals surface area contributed by atoms with Crippen molar-refractivity contribution in [3.8, 4) is 0 Å². The minimum atomic E-state index is 0. The van der Waals surface area contributed by atoms with Gasteiger partial charge in [-0.15, -0.1) is 34.2 Å². The molecule has 0 unspecified atom stereocenters. The van der Waals surface area contributed by atoms with Gasteiger partial charge in [0, 0.05) is 25.7 Å². The van der Waals surface area contributed by atoms with Gasteiger partial charge in [-0.2, -0.15) is 11.8 Å². The molecule has 0 atom stereocenters. The second-order valence-corrected chi connectivity index (χ2v) is 10.0. The lowest BCUT2D eigenvalue weighted by Gasteiger charge is -2.40. The quantitative estimate of drug-likeness (QED) is 0.218. The largest absolute Gasteiger partial charge is 0.356 e. The summed E-state index contributed by atoms with van der Waals surface area (Å²) in [6.45, 7) is 8.47. The van der Waals surface area contributed by atoms with Crippen LogP contribution >= 0.6 is 35.7 Å². The van der Waals surface area contributed by atoms with Crippen molar-refractivity contribution in [2.24, 2.45) is 18.0 Å². The van der Waals surface area contributed by atoms with Crippen molar-refractivity contribution in [1.29, 1.82) is 0 Å². The van der Waals surface area contributed by atoms with Crippen molar-refractivity contribution >= 4 is 41.7 Å². The first kappa shape index (κ1) is 26.7. The molecule has 1 aromatic rings. The number of piperidine rings is 1. The van der Waals surface area contributed by atoms with Crippen LogP contribution in [0, 0.1) is 12.8 Å². The molecule has 1 aliphatic heterocycles. The third kappa shape index (κ3) is 8.38. The van der Waals surface area contributed by atoms with Crippen LogP contribution in [0.15, 0.2) is 4.99 Å². The summed E-state index contributed by atoms with van der Waals surface area (Å²) in [5.74, 6) is 4.83. The summed E-state index contributed by atoms with van der Waals surface area (Å²) >= 11 is 1.89. The predicted molar refractivity (Wildman–Crippen MR) is 142 cm³/mol. The third-order valence-electron chi connectivity index (χ3n) is 6.75. The van der Waals surface area contributed by atoms with E-state index >= 15 is 0 Å². The fraction of sp³-hybridized carbons (Fsp3) is 0.864. The van der Waals surface area contributed by atoms with E-state index in [-0.39, 0.29) is 24.0 Å². The number of hydrogen-bond acceptors (Lipinski definition) is 5. The van der Waals surface area contributed by atoms with Crippen LogP contribution in [0.2, 0.25) is 0 Å². The molecule has 0 radical (unpaired) electrons. The van der Waals surface area contributed by atoms with Crippen molar-refractivity contribution in [3.05, 3.63) is 11.6 Å². The highest BCUT2D eigenvalue weighted by molar-refractivity contribution is 14.0. The molecule has 2 fully saturated rings. The van der Waals surface area contributed by atoms with Crippen LogP contribution in [-0.2, 0) is 13.6 Å². The third-order valence-corrected chi connectivity index (χ3v) is 7.45. The Kier molecular flexibility index (Phi) is 11.9. The number of halogens is 1. The maximum absolute atomic E-state index is 4.83. The first-order valence-corrected chi connectivity index (χ1v) is 13.1. The molecule has 0 aromatic carbocycles. The fourth-order valence-electron chi connectivity index (χ4n) is 4.49. The van der Waals surface area contributed by atoms with E-state index in [0.717, 1.165) is 42.5 Å². The van der Waals surface area contributed by atoms with E-state index in [2.05, 4.69) is 38.9 Å². The Morgan fingerprint density at radius 1 is 1.13 bits per heavy atom. The smallest absolute Gasteiger partial charge is 0.191 e. The highest BCUT2D eigenvalue weighted by atomic mass is 127. The molecule has 3 rings (SSSR count). The zero-order valence-corrected chi connectivity index (χ0v) is 22.9. The zero-order chi connectivity index (χ0) is 21.3. The van der Waals surface area contributed by atoms with Gasteiger partial charge in [-0.25, -0.2) is 4.99 Å². The molecule has 0 amide bonds. The summed E-state index contributed by atoms with van der Waals surface area (Å²) in [4.78, 5) is 7.58. The molecule has 7 nitrogen and oxygen atoms in total. The number of rotatable bonds is 8. The van der Waals surface area contributed by atoms with E-state index < -0.39 is 0 Å². The number of aryl methyl sites for hydroxylation is 1. The van der Waals surface area contributed by atoms with Crippen LogP contribution in [0.25, 0.3) is 0 Å². The number of hydrogen-bond donors (Lipinski definition) is 2. The van der Waals surface area contributed by atoms with Crippen LogP contribution < -0.4 is 10.6 Å². The number of guanidine groups is 1. The van der Waals surface area contributed by atoms with Crippen molar-refractivity contribution in [1.82, 2.24) is 30.3 Å². The highest BCUT2D eigenvalue weighted by Gasteiger charge is 2.28. The van der Waals surface area contributed by atoms with Crippen molar-refractivity contribution in [2.75, 3.05) is 31.6 Å². The maximum atomic E-state index is 4.83. The normalized spacial score (nSPS) is 23.4. The van der Waals surface area contributed by atoms with Gasteiger partial charge in [0.1, 0.15) is 12.4 Å². The van der Waals surface area contributed by atoms with Crippen LogP contribution in [-0.4, -0.2) is 69.4 Å². The van der Waals surface area contributed by atoms with Gasteiger partial charge in [-0.05, 0) is 82.9 Å². The Morgan fingerprint density at radius 2 is 1.84 bits per heavy atom. The summed E-state index contributed by atoms with van der Waals surface area (Å²) < 4.78 is 2.01. The highest BCUT2D eigenvalue weighted by Crippen LogP contribution is 2.27. The molecule has 1 aliphatic carbocycles. The van der Waals surface area contributed by atoms with Crippen molar-refractivity contribution in [2.45, 2.75) is 77.4 Å². The first-order chi connectivity index (χ1) is 14.6. The number of thioether (sulfide) groups is 1. The summed E-state index contributed by atoms with van der Waals surface area (Å²) in [5, 5.41) is 15.7. The topological polar surface area (TPSA) is 70.4 Å². The number of nitrogens with zero attached hydrogens (tertiary/aromatic N) is 5. The van der Waals surface area contributed by atoms with Crippen molar-refractivity contribution < 1.29 is 0 Å². The van der Waals surface area contributed by atoms with Crippen LogP contribution in [0.3, 0.4) is 0 Å². The molecule has 2 N–H and O–H groups in total. The molecule has 2 aliphatic rings. The van der Waals surface area contributed by atoms with Crippen molar-refractivity contribution in [3.63, 3.8) is 0 Å². The average Bonchev–Trinajstić information content (AvgIpc) is 3.08. The minimum Gasteiger partial charge on any atom is -0.356 e. The fourth-order valence-corrected chi connectivity index (χ4v) is 4.92. The van der Waals surface area contributed by atoms with Crippen LogP contribution in [0.1, 0.15) is 63.5 Å². The Hall–Kier alpha value is -0.550. The number of nitrogens with one attached hydrogen (secondary N) is 2. The number of aromatic nitrogens is 3. The SMILES string of the molecule is CSCCCNC(=NCc1nnc(C)n1C)NC1CCC(N2CCC(C)CC2)CC1.I. The predicted octanol–water partition coefficient (Wildman–Crippen LogP) is 3.57. The molecular formula is C22H42IN7S. The molecule has 1 aromatic heterocycles. The van der Waals surface area contributed by atoms with Gasteiger partial charge in [-0.1, -0.05) is 6.92 Å². The van der Waals surface area contributed by atoms with Gasteiger partial charge in [0.05, 0.1) is 0 Å². The molecular weight excluding hydrogens is 521 g/mol. The molecule has 178 valence electrons. The molecule has 0 spiro atoms. The Morgan fingerprint density at radius 3 is 2.45 bits per heavy atom. The van der Waals surface area contributed by atoms with Gasteiger partial charge >= 0.3 is 0 Å². The molecule has 2 heterocycles. The lowest BCUT2D eigenvalue weighted by Crippen LogP contribution is -2.49. The van der Waals surface area contributed by atoms with Crippen LogP contribution in [0.5, 0.6) is 0 Å². The lowest BCUT2D eigenvalue weighted by atomic mass is 9.88. The Labute approximate surface area is 210 Å². The lowest BCUT2D eigenvalue weighted by molar-refractivity contribution is 0.105. The standard InChI is InChI=1S/C22H41N7S.HI/c1-17-10-13-29(14-11-17)20-8-6-19(7-9-20)25-22(23-12-5-15-30-4)24-16-21-27-26-18(2)28(21)3;/h17,19-20H,5-16H2,1-4H3,(H2,23,24,25);1H. The van der Waals surface area contributed by atoms with Crippen LogP contribution in [0.4, 0.5) is 0 Å². The monoisotopic (exact) mass is 563 g/mol. The molecule has 1 saturated carbocycles. The second kappa shape index (κ2) is 13.9. The van der Waals surface area contributed by atoms with E-state index in [1.54, 1.807) is 0 Å². The molecule has 0 bridgehead atoms. The van der Waals surface area contributed by atoms with E-state index in [9.17, 15) is 0 Å². The zero-order valence-electron chi connectivity index (χ0n) is 19.8. The summed E-state index contributed by atoms with van der Waals surface area (Å²) in [6.07, 6.45) is 11.1. The first-order valence-electron chi connectivity index (χ1n) is 11.7. The molecule has 9 heteroatoms. The molecule has 1 saturated heterocycles. The van der Waals surface area contributed by atoms with E-state index in [4.69, 9.17) is 4.99 Å². The second-order valence-electron chi connectivity index (χ2n) is 9.03.